The first-order valence-electron chi connectivity index (χ1n) is 6.43. The molecule has 0 radical (unpaired) electrons. The molecule has 0 saturated carbocycles. The molecule has 0 aromatic heterocycles. The van der Waals surface area contributed by atoms with Crippen molar-refractivity contribution in [2.45, 2.75) is 19.8 Å². The van der Waals surface area contributed by atoms with Crippen LogP contribution in [0.4, 0.5) is 0 Å². The van der Waals surface area contributed by atoms with Gasteiger partial charge in [0.1, 0.15) is 11.8 Å². The maximum Gasteiger partial charge on any atom is 0.186 e. The third-order valence-corrected chi connectivity index (χ3v) is 2.61. The molecule has 1 aromatic rings. The van der Waals surface area contributed by atoms with E-state index in [2.05, 4.69) is 22.8 Å². The number of thiocarbonyl (C=S) groups is 1. The van der Waals surface area contributed by atoms with Crippen molar-refractivity contribution in [3.8, 4) is 11.8 Å². The monoisotopic (exact) mass is 290 g/mol. The number of nitrogens with one attached hydrogen (secondary N) is 2. The van der Waals surface area contributed by atoms with E-state index in [4.69, 9.17) is 22.2 Å². The molecule has 0 aliphatic carbocycles. The smallest absolute Gasteiger partial charge is 0.186 e. The normalized spacial score (nSPS) is 10.0. The summed E-state index contributed by atoms with van der Waals surface area (Å²) < 4.78 is 5.16. The minimum Gasteiger partial charge on any atom is -0.479 e. The predicted molar refractivity (Wildman–Crippen MR) is 83.8 cm³/mol. The quantitative estimate of drug-likeness (QED) is 0.349. The number of hydrazone groups is 1. The summed E-state index contributed by atoms with van der Waals surface area (Å²) >= 11 is 5.06. The maximum atomic E-state index is 8.41. The van der Waals surface area contributed by atoms with Gasteiger partial charge in [-0.3, -0.25) is 5.43 Å². The molecule has 5 nitrogen and oxygen atoms in total. The van der Waals surface area contributed by atoms with E-state index in [-0.39, 0.29) is 6.61 Å². The molecule has 0 saturated heterocycles. The van der Waals surface area contributed by atoms with Crippen molar-refractivity contribution < 1.29 is 4.74 Å². The average molecular weight is 290 g/mol. The number of hydrogen-bond acceptors (Lipinski definition) is 4. The van der Waals surface area contributed by atoms with Gasteiger partial charge in [0.05, 0.1) is 6.21 Å². The summed E-state index contributed by atoms with van der Waals surface area (Å²) in [6, 6.07) is 9.20. The number of nitrogens with zero attached hydrogens (tertiary/aromatic N) is 2. The minimum absolute atomic E-state index is 0.0483. The Kier molecular flexibility index (Phi) is 7.77. The molecule has 0 bridgehead atoms. The van der Waals surface area contributed by atoms with Gasteiger partial charge in [0, 0.05) is 6.54 Å². The van der Waals surface area contributed by atoms with Gasteiger partial charge < -0.3 is 10.1 Å². The average Bonchev–Trinajstić information content (AvgIpc) is 2.47. The van der Waals surface area contributed by atoms with Crippen LogP contribution in [0.25, 0.3) is 0 Å². The van der Waals surface area contributed by atoms with Gasteiger partial charge in [0.25, 0.3) is 0 Å². The highest BCUT2D eigenvalue weighted by atomic mass is 32.1. The molecule has 0 aliphatic rings. The fraction of sp³-hybridized carbons (Fsp3) is 0.357. The number of benzene rings is 1. The molecule has 0 spiro atoms. The third-order valence-electron chi connectivity index (χ3n) is 2.38. The van der Waals surface area contributed by atoms with Crippen molar-refractivity contribution in [3.05, 3.63) is 29.8 Å². The Bertz CT molecular complexity index is 479. The molecule has 0 unspecified atom stereocenters. The number of ether oxygens (including phenoxy) is 1. The molecule has 2 N–H and O–H groups in total. The van der Waals surface area contributed by atoms with Gasteiger partial charge in [0.2, 0.25) is 0 Å². The first-order valence-corrected chi connectivity index (χ1v) is 6.83. The zero-order valence-corrected chi connectivity index (χ0v) is 12.2. The first-order chi connectivity index (χ1) is 9.76. The summed E-state index contributed by atoms with van der Waals surface area (Å²) in [5, 5.41) is 16.0. The van der Waals surface area contributed by atoms with Gasteiger partial charge in [-0.2, -0.15) is 10.4 Å². The number of nitriles is 1. The fourth-order valence-corrected chi connectivity index (χ4v) is 1.50. The van der Waals surface area contributed by atoms with Crippen LogP contribution >= 0.6 is 12.2 Å². The Balaban J connectivity index is 2.35. The van der Waals surface area contributed by atoms with E-state index in [1.54, 1.807) is 18.3 Å². The zero-order valence-electron chi connectivity index (χ0n) is 11.4. The van der Waals surface area contributed by atoms with Gasteiger partial charge >= 0.3 is 0 Å². The van der Waals surface area contributed by atoms with Crippen LogP contribution in [-0.2, 0) is 0 Å². The Hall–Kier alpha value is -2.13. The number of hydrogen-bond donors (Lipinski definition) is 2. The van der Waals surface area contributed by atoms with Crippen molar-refractivity contribution >= 4 is 23.5 Å². The van der Waals surface area contributed by atoms with Crippen LogP contribution in [0.15, 0.2) is 29.4 Å². The Labute approximate surface area is 124 Å². The van der Waals surface area contributed by atoms with Crippen LogP contribution in [0.5, 0.6) is 5.75 Å². The standard InChI is InChI=1S/C14H18N4OS/c1-2-3-9-16-14(20)18-17-11-12-4-6-13(7-5-12)19-10-8-15/h4-7,11H,2-3,9-10H2,1H3,(H2,16,18,20)/b17-11-. The van der Waals surface area contributed by atoms with Crippen LogP contribution in [0.2, 0.25) is 0 Å². The molecule has 0 fully saturated rings. The molecule has 1 aromatic carbocycles. The van der Waals surface area contributed by atoms with E-state index < -0.39 is 0 Å². The van der Waals surface area contributed by atoms with E-state index in [9.17, 15) is 0 Å². The van der Waals surface area contributed by atoms with Crippen molar-refractivity contribution in [1.82, 2.24) is 10.7 Å². The summed E-state index contributed by atoms with van der Waals surface area (Å²) in [5.41, 5.74) is 3.67. The van der Waals surface area contributed by atoms with E-state index in [0.29, 0.717) is 10.9 Å². The Morgan fingerprint density at radius 3 is 2.85 bits per heavy atom. The van der Waals surface area contributed by atoms with Crippen LogP contribution in [0.3, 0.4) is 0 Å². The summed E-state index contributed by atoms with van der Waals surface area (Å²) in [7, 11) is 0. The van der Waals surface area contributed by atoms with Crippen LogP contribution < -0.4 is 15.5 Å². The molecular weight excluding hydrogens is 272 g/mol. The lowest BCUT2D eigenvalue weighted by atomic mass is 10.2. The lowest BCUT2D eigenvalue weighted by molar-refractivity contribution is 0.368. The summed E-state index contributed by atoms with van der Waals surface area (Å²) in [5.74, 6) is 0.661. The molecule has 0 heterocycles. The van der Waals surface area contributed by atoms with E-state index in [0.717, 1.165) is 24.9 Å². The van der Waals surface area contributed by atoms with Crippen molar-refractivity contribution in [3.63, 3.8) is 0 Å². The summed E-state index contributed by atoms with van der Waals surface area (Å²) in [6.07, 6.45) is 3.87. The number of rotatable bonds is 7. The zero-order chi connectivity index (χ0) is 14.6. The predicted octanol–water partition coefficient (Wildman–Crippen LogP) is 2.19. The van der Waals surface area contributed by atoms with Gasteiger partial charge in [0.15, 0.2) is 11.7 Å². The second-order valence-corrected chi connectivity index (χ2v) is 4.40. The molecule has 0 amide bonds. The molecule has 1 rings (SSSR count). The van der Waals surface area contributed by atoms with Crippen molar-refractivity contribution in [1.29, 1.82) is 5.26 Å². The SMILES string of the molecule is CCCCNC(=S)N/N=C\c1ccc(OCC#N)cc1. The van der Waals surface area contributed by atoms with Crippen molar-refractivity contribution in [2.24, 2.45) is 5.10 Å². The summed E-state index contributed by atoms with van der Waals surface area (Å²) in [4.78, 5) is 0. The van der Waals surface area contributed by atoms with Gasteiger partial charge in [-0.1, -0.05) is 13.3 Å². The maximum absolute atomic E-state index is 8.41. The molecule has 106 valence electrons. The Morgan fingerprint density at radius 1 is 1.45 bits per heavy atom. The second-order valence-electron chi connectivity index (χ2n) is 4.00. The molecule has 0 aliphatic heterocycles. The van der Waals surface area contributed by atoms with E-state index >= 15 is 0 Å². The highest BCUT2D eigenvalue weighted by molar-refractivity contribution is 7.80. The highest BCUT2D eigenvalue weighted by Crippen LogP contribution is 2.10. The lowest BCUT2D eigenvalue weighted by Gasteiger charge is -2.05. The van der Waals surface area contributed by atoms with Crippen LogP contribution in [0.1, 0.15) is 25.3 Å². The number of unbranched alkanes of at least 4 members (excludes halogenated alkanes) is 1. The van der Waals surface area contributed by atoms with Crippen LogP contribution in [0, 0.1) is 11.3 Å². The third kappa shape index (κ3) is 6.71. The second kappa shape index (κ2) is 9.75. The first kappa shape index (κ1) is 15.9. The van der Waals surface area contributed by atoms with Gasteiger partial charge in [-0.05, 0) is 48.5 Å². The molecule has 20 heavy (non-hydrogen) atoms. The largest absolute Gasteiger partial charge is 0.479 e. The lowest BCUT2D eigenvalue weighted by Crippen LogP contribution is -2.32. The van der Waals surface area contributed by atoms with Gasteiger partial charge in [-0.25, -0.2) is 0 Å². The highest BCUT2D eigenvalue weighted by Gasteiger charge is 1.94. The van der Waals surface area contributed by atoms with Crippen molar-refractivity contribution in [2.75, 3.05) is 13.2 Å². The molecule has 6 heteroatoms. The Morgan fingerprint density at radius 2 is 2.20 bits per heavy atom. The van der Waals surface area contributed by atoms with Crippen LogP contribution in [-0.4, -0.2) is 24.5 Å². The molecular formula is C14H18N4OS. The topological polar surface area (TPSA) is 69.4 Å². The van der Waals surface area contributed by atoms with E-state index in [1.807, 2.05) is 18.2 Å². The van der Waals surface area contributed by atoms with Gasteiger partial charge in [-0.15, -0.1) is 0 Å². The summed E-state index contributed by atoms with van der Waals surface area (Å²) in [6.45, 7) is 3.02. The fourth-order valence-electron chi connectivity index (χ4n) is 1.35. The molecule has 0 atom stereocenters. The van der Waals surface area contributed by atoms with E-state index in [1.165, 1.54) is 0 Å². The minimum atomic E-state index is 0.0483.